The van der Waals surface area contributed by atoms with E-state index in [0.717, 1.165) is 18.8 Å². The Bertz CT molecular complexity index is 447. The van der Waals surface area contributed by atoms with Gasteiger partial charge in [-0.15, -0.1) is 0 Å². The van der Waals surface area contributed by atoms with Crippen LogP contribution >= 0.6 is 0 Å². The Morgan fingerprint density at radius 1 is 1.24 bits per heavy atom. The lowest BCUT2D eigenvalue weighted by Crippen LogP contribution is -2.52. The van der Waals surface area contributed by atoms with Crippen LogP contribution in [0.5, 0.6) is 0 Å². The number of hydrazine groups is 1. The second-order valence-electron chi connectivity index (χ2n) is 6.55. The second kappa shape index (κ2) is 7.46. The van der Waals surface area contributed by atoms with Gasteiger partial charge in [0.25, 0.3) is 0 Å². The van der Waals surface area contributed by atoms with Crippen LogP contribution in [0.25, 0.3) is 0 Å². The molecule has 1 aliphatic rings. The van der Waals surface area contributed by atoms with Crippen molar-refractivity contribution in [1.82, 2.24) is 10.7 Å². The lowest BCUT2D eigenvalue weighted by Gasteiger charge is -2.28. The van der Waals surface area contributed by atoms with E-state index in [0.29, 0.717) is 6.04 Å². The first-order valence-electron chi connectivity index (χ1n) is 7.95. The molecule has 0 heterocycles. The lowest BCUT2D eigenvalue weighted by atomic mass is 9.95. The van der Waals surface area contributed by atoms with E-state index in [1.54, 1.807) is 0 Å². The topological polar surface area (TPSA) is 62.4 Å². The number of aliphatic imine (C=N–C) groups is 1. The molecule has 0 aliphatic heterocycles. The molecule has 0 spiro atoms. The van der Waals surface area contributed by atoms with Gasteiger partial charge in [0.05, 0.1) is 6.04 Å². The summed E-state index contributed by atoms with van der Waals surface area (Å²) in [6.45, 7) is 4.38. The van der Waals surface area contributed by atoms with E-state index in [2.05, 4.69) is 54.9 Å². The van der Waals surface area contributed by atoms with Crippen LogP contribution in [0.15, 0.2) is 35.3 Å². The molecule has 21 heavy (non-hydrogen) atoms. The fourth-order valence-corrected chi connectivity index (χ4v) is 2.81. The van der Waals surface area contributed by atoms with Crippen molar-refractivity contribution < 1.29 is 0 Å². The second-order valence-corrected chi connectivity index (χ2v) is 6.55. The van der Waals surface area contributed by atoms with Crippen LogP contribution in [0.4, 0.5) is 0 Å². The first kappa shape index (κ1) is 15.8. The average molecular weight is 288 g/mol. The zero-order valence-corrected chi connectivity index (χ0v) is 13.2. The van der Waals surface area contributed by atoms with Crippen molar-refractivity contribution in [1.29, 1.82) is 0 Å². The van der Waals surface area contributed by atoms with E-state index >= 15 is 0 Å². The van der Waals surface area contributed by atoms with Crippen LogP contribution in [-0.4, -0.2) is 17.5 Å². The van der Waals surface area contributed by atoms with Gasteiger partial charge in [-0.3, -0.25) is 5.43 Å². The molecule has 4 heteroatoms. The summed E-state index contributed by atoms with van der Waals surface area (Å²) in [6.07, 6.45) is 6.99. The van der Waals surface area contributed by atoms with E-state index in [4.69, 9.17) is 10.8 Å². The number of hydrogen-bond donors (Lipinski definition) is 3. The predicted molar refractivity (Wildman–Crippen MR) is 89.0 cm³/mol. The third-order valence-electron chi connectivity index (χ3n) is 4.11. The third kappa shape index (κ3) is 5.38. The van der Waals surface area contributed by atoms with Crippen LogP contribution in [0.1, 0.15) is 51.5 Å². The molecule has 1 aromatic rings. The van der Waals surface area contributed by atoms with Crippen molar-refractivity contribution in [2.45, 2.75) is 64.0 Å². The van der Waals surface area contributed by atoms with Gasteiger partial charge in [-0.2, -0.15) is 0 Å². The third-order valence-corrected chi connectivity index (χ3v) is 4.11. The monoisotopic (exact) mass is 288 g/mol. The van der Waals surface area contributed by atoms with Crippen LogP contribution in [0, 0.1) is 0 Å². The Labute approximate surface area is 128 Å². The van der Waals surface area contributed by atoms with Crippen LogP contribution in [0.3, 0.4) is 0 Å². The zero-order chi connectivity index (χ0) is 15.1. The summed E-state index contributed by atoms with van der Waals surface area (Å²) in [5.41, 5.74) is 4.04. The van der Waals surface area contributed by atoms with Crippen LogP contribution in [0.2, 0.25) is 0 Å². The van der Waals surface area contributed by atoms with Crippen molar-refractivity contribution in [3.8, 4) is 0 Å². The Morgan fingerprint density at radius 3 is 2.52 bits per heavy atom. The maximum Gasteiger partial charge on any atom is 0.206 e. The summed E-state index contributed by atoms with van der Waals surface area (Å²) in [4.78, 5) is 4.70. The fraction of sp³-hybridized carbons (Fsp3) is 0.588. The molecule has 0 amide bonds. The highest BCUT2D eigenvalue weighted by atomic mass is 15.3. The molecule has 0 saturated heterocycles. The minimum Gasteiger partial charge on any atom is -0.350 e. The van der Waals surface area contributed by atoms with Crippen molar-refractivity contribution in [3.05, 3.63) is 35.9 Å². The summed E-state index contributed by atoms with van der Waals surface area (Å²) in [5.74, 6) is 6.34. The molecule has 1 aromatic carbocycles. The Kier molecular flexibility index (Phi) is 5.62. The highest BCUT2D eigenvalue weighted by Crippen LogP contribution is 2.21. The molecule has 0 atom stereocenters. The minimum atomic E-state index is -0.0420. The Morgan fingerprint density at radius 2 is 1.90 bits per heavy atom. The number of nitrogens with two attached hydrogens (primary N) is 1. The molecule has 4 nitrogen and oxygen atoms in total. The van der Waals surface area contributed by atoms with E-state index in [1.165, 1.54) is 31.2 Å². The maximum absolute atomic E-state index is 5.62. The number of guanidine groups is 1. The molecular formula is C17H28N4. The summed E-state index contributed by atoms with van der Waals surface area (Å²) in [6, 6.07) is 11.0. The van der Waals surface area contributed by atoms with Gasteiger partial charge in [-0.05, 0) is 45.1 Å². The summed E-state index contributed by atoms with van der Waals surface area (Å²) in [5, 5.41) is 3.45. The van der Waals surface area contributed by atoms with E-state index in [-0.39, 0.29) is 5.54 Å². The molecule has 1 saturated carbocycles. The summed E-state index contributed by atoms with van der Waals surface area (Å²) < 4.78 is 0. The standard InChI is InChI=1S/C17H28N4/c1-17(2,13-12-14-8-4-3-5-9-14)20-16(21-18)19-15-10-6-7-11-15/h3-5,8-9,15H,6-7,10-13,18H2,1-2H3,(H2,19,20,21). The van der Waals surface area contributed by atoms with Gasteiger partial charge in [-0.25, -0.2) is 10.8 Å². The minimum absolute atomic E-state index is 0.0420. The van der Waals surface area contributed by atoms with Gasteiger partial charge in [0.15, 0.2) is 0 Å². The maximum atomic E-state index is 5.62. The van der Waals surface area contributed by atoms with Gasteiger partial charge < -0.3 is 5.32 Å². The highest BCUT2D eigenvalue weighted by molar-refractivity contribution is 5.80. The smallest absolute Gasteiger partial charge is 0.206 e. The highest BCUT2D eigenvalue weighted by Gasteiger charge is 2.21. The van der Waals surface area contributed by atoms with Crippen molar-refractivity contribution in [2.24, 2.45) is 10.8 Å². The van der Waals surface area contributed by atoms with E-state index in [1.807, 2.05) is 0 Å². The normalized spacial score (nSPS) is 17.0. The number of benzene rings is 1. The summed E-state index contributed by atoms with van der Waals surface area (Å²) >= 11 is 0. The SMILES string of the molecule is CC(C)(CCc1ccccc1)NC(=NC1CCCC1)NN. The van der Waals surface area contributed by atoms with Crippen molar-refractivity contribution in [3.63, 3.8) is 0 Å². The van der Waals surface area contributed by atoms with Gasteiger partial charge in [0.1, 0.15) is 0 Å². The zero-order valence-electron chi connectivity index (χ0n) is 13.2. The van der Waals surface area contributed by atoms with Gasteiger partial charge >= 0.3 is 0 Å². The molecule has 0 bridgehead atoms. The predicted octanol–water partition coefficient (Wildman–Crippen LogP) is 2.75. The average Bonchev–Trinajstić information content (AvgIpc) is 2.98. The van der Waals surface area contributed by atoms with Gasteiger partial charge in [-0.1, -0.05) is 43.2 Å². The van der Waals surface area contributed by atoms with Crippen molar-refractivity contribution >= 4 is 5.96 Å². The molecule has 4 N–H and O–H groups in total. The molecule has 1 aliphatic carbocycles. The number of hydrogen-bond acceptors (Lipinski definition) is 2. The number of rotatable bonds is 5. The van der Waals surface area contributed by atoms with Gasteiger partial charge in [0, 0.05) is 5.54 Å². The number of nitrogens with one attached hydrogen (secondary N) is 2. The Balaban J connectivity index is 1.88. The van der Waals surface area contributed by atoms with Crippen LogP contribution in [-0.2, 0) is 6.42 Å². The Hall–Kier alpha value is -1.55. The van der Waals surface area contributed by atoms with E-state index < -0.39 is 0 Å². The van der Waals surface area contributed by atoms with E-state index in [9.17, 15) is 0 Å². The quantitative estimate of drug-likeness (QED) is 0.338. The molecule has 1 fully saturated rings. The largest absolute Gasteiger partial charge is 0.350 e. The van der Waals surface area contributed by atoms with Crippen molar-refractivity contribution in [2.75, 3.05) is 0 Å². The molecular weight excluding hydrogens is 260 g/mol. The first-order valence-corrected chi connectivity index (χ1v) is 7.95. The first-order chi connectivity index (χ1) is 10.1. The molecule has 0 aromatic heterocycles. The molecule has 0 unspecified atom stereocenters. The summed E-state index contributed by atoms with van der Waals surface area (Å²) in [7, 11) is 0. The number of nitrogens with zero attached hydrogens (tertiary/aromatic N) is 1. The molecule has 2 rings (SSSR count). The molecule has 0 radical (unpaired) electrons. The van der Waals surface area contributed by atoms with Gasteiger partial charge in [0.2, 0.25) is 5.96 Å². The lowest BCUT2D eigenvalue weighted by molar-refractivity contribution is 0.418. The molecule has 116 valence electrons. The van der Waals surface area contributed by atoms with Crippen LogP contribution < -0.4 is 16.6 Å². The number of aryl methyl sites for hydroxylation is 1. The fourth-order valence-electron chi connectivity index (χ4n) is 2.81.